The molecule has 2 heterocycles. The van der Waals surface area contributed by atoms with Gasteiger partial charge in [-0.15, -0.1) is 0 Å². The van der Waals surface area contributed by atoms with Gasteiger partial charge in [0.2, 0.25) is 11.7 Å². The number of aromatic nitrogens is 2. The van der Waals surface area contributed by atoms with E-state index in [2.05, 4.69) is 22.4 Å². The smallest absolute Gasteiger partial charge is 0.231 e. The predicted molar refractivity (Wildman–Crippen MR) is 75.3 cm³/mol. The van der Waals surface area contributed by atoms with Gasteiger partial charge in [-0.25, -0.2) is 0 Å². The van der Waals surface area contributed by atoms with E-state index in [1.807, 2.05) is 6.07 Å². The maximum Gasteiger partial charge on any atom is 0.231 e. The van der Waals surface area contributed by atoms with Crippen LogP contribution in [0.1, 0.15) is 50.8 Å². The lowest BCUT2D eigenvalue weighted by atomic mass is 9.84. The summed E-state index contributed by atoms with van der Waals surface area (Å²) < 4.78 is 10.6. The highest BCUT2D eigenvalue weighted by atomic mass is 16.5. The van der Waals surface area contributed by atoms with Crippen molar-refractivity contribution in [3.05, 3.63) is 24.5 Å². The zero-order valence-corrected chi connectivity index (χ0v) is 11.8. The Hall–Kier alpha value is -1.62. The molecule has 0 saturated heterocycles. The molecule has 1 fully saturated rings. The van der Waals surface area contributed by atoms with E-state index in [-0.39, 0.29) is 0 Å². The van der Waals surface area contributed by atoms with Gasteiger partial charge in [-0.2, -0.15) is 4.98 Å². The Bertz CT molecular complexity index is 521. The lowest BCUT2D eigenvalue weighted by molar-refractivity contribution is 0.263. The first-order valence-electron chi connectivity index (χ1n) is 7.48. The fraction of sp³-hybridized carbons (Fsp3) is 0.600. The highest BCUT2D eigenvalue weighted by Crippen LogP contribution is 2.33. The second-order valence-corrected chi connectivity index (χ2v) is 5.42. The highest BCUT2D eigenvalue weighted by Gasteiger charge is 2.30. The van der Waals surface area contributed by atoms with Crippen molar-refractivity contribution in [3.63, 3.8) is 0 Å². The Morgan fingerprint density at radius 2 is 2.25 bits per heavy atom. The molecule has 3 rings (SSSR count). The molecule has 1 aliphatic rings. The predicted octanol–water partition coefficient (Wildman–Crippen LogP) is 3.36. The van der Waals surface area contributed by atoms with E-state index in [0.29, 0.717) is 17.8 Å². The van der Waals surface area contributed by atoms with Crippen LogP contribution >= 0.6 is 0 Å². The third-order valence-corrected chi connectivity index (χ3v) is 3.96. The summed E-state index contributed by atoms with van der Waals surface area (Å²) in [7, 11) is 0. The summed E-state index contributed by atoms with van der Waals surface area (Å²) in [5.74, 6) is 1.71. The van der Waals surface area contributed by atoms with E-state index in [4.69, 9.17) is 8.94 Å². The monoisotopic (exact) mass is 275 g/mol. The van der Waals surface area contributed by atoms with Crippen LogP contribution in [-0.4, -0.2) is 22.7 Å². The van der Waals surface area contributed by atoms with Crippen LogP contribution in [0.15, 0.2) is 27.5 Å². The minimum atomic E-state index is 0.337. The highest BCUT2D eigenvalue weighted by molar-refractivity contribution is 5.51. The number of hydrogen-bond acceptors (Lipinski definition) is 5. The van der Waals surface area contributed by atoms with Crippen LogP contribution in [0.5, 0.6) is 0 Å². The number of nitrogens with one attached hydrogen (secondary N) is 1. The van der Waals surface area contributed by atoms with Gasteiger partial charge in [-0.05, 0) is 31.9 Å². The molecule has 0 aliphatic heterocycles. The van der Waals surface area contributed by atoms with E-state index in [0.717, 1.165) is 30.8 Å². The second-order valence-electron chi connectivity index (χ2n) is 5.42. The van der Waals surface area contributed by atoms with Gasteiger partial charge in [0.05, 0.1) is 17.7 Å². The SMILES string of the molecule is CCCNC1CCCCC1c1nc(-c2ccoc2)no1. The lowest BCUT2D eigenvalue weighted by Crippen LogP contribution is -2.37. The minimum absolute atomic E-state index is 0.337. The van der Waals surface area contributed by atoms with E-state index < -0.39 is 0 Å². The van der Waals surface area contributed by atoms with E-state index in [1.54, 1.807) is 12.5 Å². The molecule has 2 atom stereocenters. The number of nitrogens with zero attached hydrogens (tertiary/aromatic N) is 2. The Morgan fingerprint density at radius 1 is 1.35 bits per heavy atom. The van der Waals surface area contributed by atoms with Crippen LogP contribution in [0.25, 0.3) is 11.4 Å². The third kappa shape index (κ3) is 2.77. The van der Waals surface area contributed by atoms with Crippen LogP contribution in [0, 0.1) is 0 Å². The zero-order valence-electron chi connectivity index (χ0n) is 11.8. The van der Waals surface area contributed by atoms with Gasteiger partial charge in [0.15, 0.2) is 0 Å². The average molecular weight is 275 g/mol. The van der Waals surface area contributed by atoms with Crippen molar-refractivity contribution in [1.82, 2.24) is 15.5 Å². The van der Waals surface area contributed by atoms with Gasteiger partial charge in [0.25, 0.3) is 0 Å². The molecule has 2 aromatic rings. The van der Waals surface area contributed by atoms with Crippen molar-refractivity contribution in [2.75, 3.05) is 6.54 Å². The molecule has 108 valence electrons. The van der Waals surface area contributed by atoms with Gasteiger partial charge in [0.1, 0.15) is 6.26 Å². The van der Waals surface area contributed by atoms with E-state index >= 15 is 0 Å². The van der Waals surface area contributed by atoms with Crippen LogP contribution in [0.4, 0.5) is 0 Å². The molecule has 0 aromatic carbocycles. The van der Waals surface area contributed by atoms with Gasteiger partial charge in [0, 0.05) is 6.04 Å². The lowest BCUT2D eigenvalue weighted by Gasteiger charge is -2.29. The number of furan rings is 1. The summed E-state index contributed by atoms with van der Waals surface area (Å²) in [6, 6.07) is 2.31. The fourth-order valence-corrected chi connectivity index (χ4v) is 2.90. The summed E-state index contributed by atoms with van der Waals surface area (Å²) in [5.41, 5.74) is 0.869. The van der Waals surface area contributed by atoms with Crippen molar-refractivity contribution in [2.24, 2.45) is 0 Å². The van der Waals surface area contributed by atoms with Crippen LogP contribution in [0.3, 0.4) is 0 Å². The van der Waals surface area contributed by atoms with Crippen molar-refractivity contribution < 1.29 is 8.94 Å². The molecule has 1 saturated carbocycles. The normalized spacial score (nSPS) is 23.1. The van der Waals surface area contributed by atoms with Crippen LogP contribution in [-0.2, 0) is 0 Å². The summed E-state index contributed by atoms with van der Waals surface area (Å²) in [5, 5.41) is 7.69. The minimum Gasteiger partial charge on any atom is -0.472 e. The van der Waals surface area contributed by atoms with Crippen molar-refractivity contribution in [2.45, 2.75) is 51.0 Å². The van der Waals surface area contributed by atoms with Crippen LogP contribution in [0.2, 0.25) is 0 Å². The molecule has 5 nitrogen and oxygen atoms in total. The summed E-state index contributed by atoms with van der Waals surface area (Å²) in [6.07, 6.45) is 9.23. The van der Waals surface area contributed by atoms with Crippen molar-refractivity contribution in [3.8, 4) is 11.4 Å². The molecule has 2 aromatic heterocycles. The molecule has 1 N–H and O–H groups in total. The fourth-order valence-electron chi connectivity index (χ4n) is 2.90. The molecular weight excluding hydrogens is 254 g/mol. The quantitative estimate of drug-likeness (QED) is 0.906. The number of rotatable bonds is 5. The first-order valence-corrected chi connectivity index (χ1v) is 7.48. The van der Waals surface area contributed by atoms with E-state index in [9.17, 15) is 0 Å². The van der Waals surface area contributed by atoms with Crippen molar-refractivity contribution >= 4 is 0 Å². The Balaban J connectivity index is 1.76. The molecule has 0 spiro atoms. The maximum absolute atomic E-state index is 5.50. The zero-order chi connectivity index (χ0) is 13.8. The summed E-state index contributed by atoms with van der Waals surface area (Å²) >= 11 is 0. The molecule has 0 radical (unpaired) electrons. The van der Waals surface area contributed by atoms with Gasteiger partial charge >= 0.3 is 0 Å². The Morgan fingerprint density at radius 3 is 3.05 bits per heavy atom. The van der Waals surface area contributed by atoms with Gasteiger partial charge in [-0.3, -0.25) is 0 Å². The molecule has 0 amide bonds. The molecule has 2 unspecified atom stereocenters. The van der Waals surface area contributed by atoms with Gasteiger partial charge in [-0.1, -0.05) is 24.9 Å². The Labute approximate surface area is 118 Å². The maximum atomic E-state index is 5.50. The van der Waals surface area contributed by atoms with Gasteiger partial charge < -0.3 is 14.3 Å². The molecule has 1 aliphatic carbocycles. The first kappa shape index (κ1) is 13.4. The molecule has 5 heteroatoms. The standard InChI is InChI=1S/C15H21N3O2/c1-2-8-16-13-6-4-3-5-12(13)15-17-14(18-20-15)11-7-9-19-10-11/h7,9-10,12-13,16H,2-6,8H2,1H3. The first-order chi connectivity index (χ1) is 9.88. The second kappa shape index (κ2) is 6.22. The molecular formula is C15H21N3O2. The third-order valence-electron chi connectivity index (χ3n) is 3.96. The van der Waals surface area contributed by atoms with Crippen LogP contribution < -0.4 is 5.32 Å². The van der Waals surface area contributed by atoms with E-state index in [1.165, 1.54) is 19.3 Å². The average Bonchev–Trinajstić information content (AvgIpc) is 3.15. The van der Waals surface area contributed by atoms with Crippen molar-refractivity contribution in [1.29, 1.82) is 0 Å². The topological polar surface area (TPSA) is 64.1 Å². The largest absolute Gasteiger partial charge is 0.472 e. The number of hydrogen-bond donors (Lipinski definition) is 1. The Kier molecular flexibility index (Phi) is 4.16. The molecule has 0 bridgehead atoms. The molecule has 20 heavy (non-hydrogen) atoms. The summed E-state index contributed by atoms with van der Waals surface area (Å²) in [4.78, 5) is 4.56. The summed E-state index contributed by atoms with van der Waals surface area (Å²) in [6.45, 7) is 3.23.